The Balaban J connectivity index is 1.43. The van der Waals surface area contributed by atoms with Crippen molar-refractivity contribution in [1.82, 2.24) is 19.9 Å². The summed E-state index contributed by atoms with van der Waals surface area (Å²) in [7, 11) is 1.77. The predicted octanol–water partition coefficient (Wildman–Crippen LogP) is 3.24. The number of fused-ring (bicyclic) bond motifs is 2. The summed E-state index contributed by atoms with van der Waals surface area (Å²) in [5.41, 5.74) is 5.00. The second kappa shape index (κ2) is 5.72. The second-order valence-electron chi connectivity index (χ2n) is 7.08. The van der Waals surface area contributed by atoms with Crippen LogP contribution >= 0.6 is 0 Å². The monoisotopic (exact) mass is 348 g/mol. The number of hydrogen-bond donors (Lipinski definition) is 2. The number of pyridine rings is 1. The van der Waals surface area contributed by atoms with Gasteiger partial charge < -0.3 is 15.2 Å². The standard InChI is InChI=1S/C19H20N6O/c1-24-16-5-4-14(6-13(16)8-21-19(24)26)23-18-7-17-15(9-20-18)22-11-25(17)10-12-2-3-12/h4-7,9,11-12H,2-3,8,10H2,1H3,(H,20,23)(H,21,26). The molecule has 0 bridgehead atoms. The molecule has 26 heavy (non-hydrogen) atoms. The van der Waals surface area contributed by atoms with Crippen LogP contribution in [0.25, 0.3) is 11.0 Å². The van der Waals surface area contributed by atoms with Gasteiger partial charge in [0.25, 0.3) is 0 Å². The minimum atomic E-state index is -0.0748. The number of benzene rings is 1. The van der Waals surface area contributed by atoms with Crippen LogP contribution < -0.4 is 15.5 Å². The van der Waals surface area contributed by atoms with Crippen LogP contribution in [0.3, 0.4) is 0 Å². The van der Waals surface area contributed by atoms with E-state index in [0.717, 1.165) is 46.3 Å². The van der Waals surface area contributed by atoms with Crippen molar-refractivity contribution < 1.29 is 4.79 Å². The number of urea groups is 1. The summed E-state index contributed by atoms with van der Waals surface area (Å²) in [4.78, 5) is 22.3. The third-order valence-electron chi connectivity index (χ3n) is 5.11. The van der Waals surface area contributed by atoms with Crippen LogP contribution in [-0.4, -0.2) is 27.6 Å². The largest absolute Gasteiger partial charge is 0.340 e. The van der Waals surface area contributed by atoms with E-state index in [-0.39, 0.29) is 6.03 Å². The summed E-state index contributed by atoms with van der Waals surface area (Å²) in [6.07, 6.45) is 6.35. The van der Waals surface area contributed by atoms with Crippen molar-refractivity contribution in [2.75, 3.05) is 17.3 Å². The fourth-order valence-corrected chi connectivity index (χ4v) is 3.43. The molecule has 0 unspecified atom stereocenters. The summed E-state index contributed by atoms with van der Waals surface area (Å²) in [5.74, 6) is 1.59. The SMILES string of the molecule is CN1C(=O)NCc2cc(Nc3cc4c(cn3)ncn4CC3CC3)ccc21. The highest BCUT2D eigenvalue weighted by atomic mass is 16.2. The predicted molar refractivity (Wildman–Crippen MR) is 101 cm³/mol. The van der Waals surface area contributed by atoms with Crippen LogP contribution in [0.1, 0.15) is 18.4 Å². The van der Waals surface area contributed by atoms with Gasteiger partial charge in [0.15, 0.2) is 0 Å². The lowest BCUT2D eigenvalue weighted by Crippen LogP contribution is -2.41. The van der Waals surface area contributed by atoms with E-state index in [2.05, 4.69) is 37.3 Å². The van der Waals surface area contributed by atoms with Crippen LogP contribution in [0.4, 0.5) is 22.0 Å². The number of amides is 2. The van der Waals surface area contributed by atoms with Crippen molar-refractivity contribution in [1.29, 1.82) is 0 Å². The third-order valence-corrected chi connectivity index (χ3v) is 5.11. The van der Waals surface area contributed by atoms with Crippen LogP contribution in [-0.2, 0) is 13.1 Å². The Kier molecular flexibility index (Phi) is 3.34. The molecule has 1 aliphatic carbocycles. The molecule has 0 saturated heterocycles. The van der Waals surface area contributed by atoms with Gasteiger partial charge in [-0.1, -0.05) is 0 Å². The van der Waals surface area contributed by atoms with Gasteiger partial charge in [0.1, 0.15) is 11.3 Å². The molecule has 7 nitrogen and oxygen atoms in total. The summed E-state index contributed by atoms with van der Waals surface area (Å²) in [6, 6.07) is 7.97. The first-order chi connectivity index (χ1) is 12.7. The number of carbonyl (C=O) groups is 1. The lowest BCUT2D eigenvalue weighted by atomic mass is 10.1. The zero-order valence-corrected chi connectivity index (χ0v) is 14.6. The molecule has 2 aliphatic rings. The number of carbonyl (C=O) groups excluding carboxylic acids is 1. The number of anilines is 3. The summed E-state index contributed by atoms with van der Waals surface area (Å²) >= 11 is 0. The third kappa shape index (κ3) is 2.65. The molecule has 3 aromatic rings. The number of aromatic nitrogens is 3. The molecule has 1 aromatic carbocycles. The molecule has 132 valence electrons. The first kappa shape index (κ1) is 15.2. The summed E-state index contributed by atoms with van der Waals surface area (Å²) in [5, 5.41) is 6.24. The topological polar surface area (TPSA) is 75.1 Å². The number of imidazole rings is 1. The number of nitrogens with one attached hydrogen (secondary N) is 2. The molecule has 0 spiro atoms. The molecule has 1 aliphatic heterocycles. The van der Waals surface area contributed by atoms with Gasteiger partial charge in [-0.2, -0.15) is 0 Å². The quantitative estimate of drug-likeness (QED) is 0.759. The molecule has 2 aromatic heterocycles. The van der Waals surface area contributed by atoms with Gasteiger partial charge in [-0.25, -0.2) is 14.8 Å². The van der Waals surface area contributed by atoms with E-state index in [1.807, 2.05) is 24.7 Å². The van der Waals surface area contributed by atoms with E-state index < -0.39 is 0 Å². The van der Waals surface area contributed by atoms with E-state index in [4.69, 9.17) is 0 Å². The fraction of sp³-hybridized carbons (Fsp3) is 0.316. The fourth-order valence-electron chi connectivity index (χ4n) is 3.43. The molecule has 1 fully saturated rings. The molecular weight excluding hydrogens is 328 g/mol. The first-order valence-corrected chi connectivity index (χ1v) is 8.90. The summed E-state index contributed by atoms with van der Waals surface area (Å²) in [6.45, 7) is 1.57. The van der Waals surface area contributed by atoms with Crippen molar-refractivity contribution in [2.24, 2.45) is 5.92 Å². The van der Waals surface area contributed by atoms with E-state index in [1.165, 1.54) is 12.8 Å². The van der Waals surface area contributed by atoms with Gasteiger partial charge in [-0.15, -0.1) is 0 Å². The Hall–Kier alpha value is -3.09. The average Bonchev–Trinajstić information content (AvgIpc) is 3.38. The molecule has 3 heterocycles. The number of nitrogens with zero attached hydrogens (tertiary/aromatic N) is 4. The zero-order valence-electron chi connectivity index (χ0n) is 14.6. The molecule has 5 rings (SSSR count). The molecule has 0 radical (unpaired) electrons. The maximum atomic E-state index is 11.7. The summed E-state index contributed by atoms with van der Waals surface area (Å²) < 4.78 is 2.22. The zero-order chi connectivity index (χ0) is 17.7. The maximum absolute atomic E-state index is 11.7. The minimum absolute atomic E-state index is 0.0748. The lowest BCUT2D eigenvalue weighted by Gasteiger charge is -2.27. The molecular formula is C19H20N6O. The molecule has 0 atom stereocenters. The molecule has 7 heteroatoms. The van der Waals surface area contributed by atoms with Crippen LogP contribution in [0, 0.1) is 5.92 Å². The highest BCUT2D eigenvalue weighted by Gasteiger charge is 2.23. The Morgan fingerprint density at radius 1 is 1.27 bits per heavy atom. The van der Waals surface area contributed by atoms with E-state index >= 15 is 0 Å². The van der Waals surface area contributed by atoms with Gasteiger partial charge in [0, 0.05) is 31.9 Å². The van der Waals surface area contributed by atoms with Crippen molar-refractivity contribution >= 4 is 34.3 Å². The highest BCUT2D eigenvalue weighted by molar-refractivity contribution is 5.94. The van der Waals surface area contributed by atoms with Crippen LogP contribution in [0.2, 0.25) is 0 Å². The van der Waals surface area contributed by atoms with Gasteiger partial charge in [0.05, 0.1) is 23.7 Å². The Bertz CT molecular complexity index is 1010. The normalized spacial score (nSPS) is 16.5. The second-order valence-corrected chi connectivity index (χ2v) is 7.08. The average molecular weight is 348 g/mol. The van der Waals surface area contributed by atoms with Gasteiger partial charge in [0.2, 0.25) is 0 Å². The minimum Gasteiger partial charge on any atom is -0.340 e. The first-order valence-electron chi connectivity index (χ1n) is 8.90. The van der Waals surface area contributed by atoms with Crippen molar-refractivity contribution in [2.45, 2.75) is 25.9 Å². The van der Waals surface area contributed by atoms with E-state index in [0.29, 0.717) is 6.54 Å². The van der Waals surface area contributed by atoms with Crippen molar-refractivity contribution in [3.63, 3.8) is 0 Å². The number of hydrogen-bond acceptors (Lipinski definition) is 4. The molecule has 1 saturated carbocycles. The van der Waals surface area contributed by atoms with E-state index in [1.54, 1.807) is 11.9 Å². The Labute approximate surface area is 151 Å². The lowest BCUT2D eigenvalue weighted by molar-refractivity contribution is 0.246. The Morgan fingerprint density at radius 2 is 2.15 bits per heavy atom. The van der Waals surface area contributed by atoms with Gasteiger partial charge in [-0.3, -0.25) is 4.90 Å². The molecule has 2 amide bonds. The maximum Gasteiger partial charge on any atom is 0.321 e. The van der Waals surface area contributed by atoms with Gasteiger partial charge in [-0.05, 0) is 42.5 Å². The van der Waals surface area contributed by atoms with Crippen molar-refractivity contribution in [3.8, 4) is 0 Å². The number of rotatable bonds is 4. The van der Waals surface area contributed by atoms with E-state index in [9.17, 15) is 4.79 Å². The Morgan fingerprint density at radius 3 is 3.00 bits per heavy atom. The molecule has 2 N–H and O–H groups in total. The van der Waals surface area contributed by atoms with Crippen LogP contribution in [0.15, 0.2) is 36.8 Å². The highest BCUT2D eigenvalue weighted by Crippen LogP contribution is 2.32. The smallest absolute Gasteiger partial charge is 0.321 e. The van der Waals surface area contributed by atoms with Crippen molar-refractivity contribution in [3.05, 3.63) is 42.4 Å². The van der Waals surface area contributed by atoms with Gasteiger partial charge >= 0.3 is 6.03 Å². The van der Waals surface area contributed by atoms with Crippen LogP contribution in [0.5, 0.6) is 0 Å².